The summed E-state index contributed by atoms with van der Waals surface area (Å²) in [6.45, 7) is 1.13. The van der Waals surface area contributed by atoms with Gasteiger partial charge in [0.1, 0.15) is 0 Å². The third-order valence-corrected chi connectivity index (χ3v) is 6.02. The van der Waals surface area contributed by atoms with E-state index in [-0.39, 0.29) is 11.5 Å². The summed E-state index contributed by atoms with van der Waals surface area (Å²) in [5.74, 6) is 0.780. The number of fused-ring (bicyclic) bond motifs is 2. The number of nitrogens with one attached hydrogen (secondary N) is 1. The molecule has 2 atom stereocenters. The molecule has 1 aliphatic heterocycles. The Morgan fingerprint density at radius 1 is 1.08 bits per heavy atom. The molecule has 2 heterocycles. The molecule has 2 aliphatic rings. The molecule has 4 rings (SSSR count). The van der Waals surface area contributed by atoms with Crippen molar-refractivity contribution in [2.75, 3.05) is 6.54 Å². The number of hydrogen-bond donors (Lipinski definition) is 1. The Kier molecular flexibility index (Phi) is 4.66. The van der Waals surface area contributed by atoms with E-state index in [1.807, 2.05) is 0 Å². The number of likely N-dealkylation sites (tertiary alicyclic amines) is 1. The molecule has 1 aromatic heterocycles. The van der Waals surface area contributed by atoms with Crippen molar-refractivity contribution in [2.45, 2.75) is 57.5 Å². The van der Waals surface area contributed by atoms with E-state index in [1.165, 1.54) is 30.3 Å². The van der Waals surface area contributed by atoms with E-state index >= 15 is 0 Å². The van der Waals surface area contributed by atoms with Gasteiger partial charge in [0.2, 0.25) is 5.91 Å². The number of carbonyl (C=O) groups is 1. The fourth-order valence-electron chi connectivity index (χ4n) is 4.75. The second-order valence-corrected chi connectivity index (χ2v) is 7.52. The van der Waals surface area contributed by atoms with Gasteiger partial charge in [0, 0.05) is 25.6 Å². The monoisotopic (exact) mass is 355 g/mol. The summed E-state index contributed by atoms with van der Waals surface area (Å²) in [4.78, 5) is 41.5. The molecule has 6 nitrogen and oxygen atoms in total. The Morgan fingerprint density at radius 3 is 2.73 bits per heavy atom. The maximum Gasteiger partial charge on any atom is 0.328 e. The molecular weight excluding hydrogens is 330 g/mol. The summed E-state index contributed by atoms with van der Waals surface area (Å²) in [7, 11) is 0. The summed E-state index contributed by atoms with van der Waals surface area (Å²) in [6.07, 6.45) is 7.43. The predicted octanol–water partition coefficient (Wildman–Crippen LogP) is 2.26. The van der Waals surface area contributed by atoms with Crippen LogP contribution in [0.4, 0.5) is 0 Å². The van der Waals surface area contributed by atoms with Crippen molar-refractivity contribution in [1.29, 1.82) is 0 Å². The van der Waals surface area contributed by atoms with Crippen molar-refractivity contribution in [2.24, 2.45) is 5.92 Å². The fraction of sp³-hybridized carbons (Fsp3) is 0.550. The molecule has 1 N–H and O–H groups in total. The highest BCUT2D eigenvalue weighted by Crippen LogP contribution is 2.35. The number of aryl methyl sites for hydroxylation is 1. The topological polar surface area (TPSA) is 75.2 Å². The first-order valence-electron chi connectivity index (χ1n) is 9.66. The maximum atomic E-state index is 12.9. The van der Waals surface area contributed by atoms with Crippen LogP contribution >= 0.6 is 0 Å². The van der Waals surface area contributed by atoms with Crippen LogP contribution in [-0.4, -0.2) is 32.9 Å². The molecule has 138 valence electrons. The quantitative estimate of drug-likeness (QED) is 0.918. The SMILES string of the molecule is O=C(CCn1c(=O)[nH]c(=O)c2ccccc21)N1CCC[C@H]2CCCC[C@H]21. The zero-order valence-electron chi connectivity index (χ0n) is 14.9. The summed E-state index contributed by atoms with van der Waals surface area (Å²) < 4.78 is 1.51. The molecule has 0 unspecified atom stereocenters. The van der Waals surface area contributed by atoms with Gasteiger partial charge in [0.15, 0.2) is 0 Å². The number of amides is 1. The predicted molar refractivity (Wildman–Crippen MR) is 100 cm³/mol. The van der Waals surface area contributed by atoms with Crippen LogP contribution in [0.2, 0.25) is 0 Å². The normalized spacial score (nSPS) is 23.0. The third kappa shape index (κ3) is 3.08. The lowest BCUT2D eigenvalue weighted by Gasteiger charge is -2.44. The minimum absolute atomic E-state index is 0.129. The molecule has 0 bridgehead atoms. The molecule has 2 fully saturated rings. The summed E-state index contributed by atoms with van der Waals surface area (Å²) in [6, 6.07) is 7.41. The van der Waals surface area contributed by atoms with Crippen LogP contribution in [0.25, 0.3) is 10.9 Å². The molecule has 1 saturated carbocycles. The highest BCUT2D eigenvalue weighted by molar-refractivity contribution is 5.79. The molecule has 0 spiro atoms. The third-order valence-electron chi connectivity index (χ3n) is 6.02. The number of aromatic amines is 1. The standard InChI is InChI=1S/C20H25N3O3/c24-18(22-12-5-7-14-6-1-3-9-16(14)22)11-13-23-17-10-4-2-8-15(17)19(25)21-20(23)26/h2,4,8,10,14,16H,1,3,5-7,9,11-13H2,(H,21,25,26)/t14-,16-/m1/s1. The van der Waals surface area contributed by atoms with Crippen LogP contribution in [0.15, 0.2) is 33.9 Å². The van der Waals surface area contributed by atoms with Crippen LogP contribution in [-0.2, 0) is 11.3 Å². The Labute approximate surface area is 151 Å². The number of H-pyrrole nitrogens is 1. The van der Waals surface area contributed by atoms with E-state index in [1.54, 1.807) is 24.3 Å². The Balaban J connectivity index is 1.54. The number of hydrogen-bond acceptors (Lipinski definition) is 3. The smallest absolute Gasteiger partial charge is 0.328 e. The first-order valence-corrected chi connectivity index (χ1v) is 9.66. The van der Waals surface area contributed by atoms with Gasteiger partial charge in [-0.25, -0.2) is 4.79 Å². The van der Waals surface area contributed by atoms with Crippen molar-refractivity contribution in [1.82, 2.24) is 14.5 Å². The van der Waals surface area contributed by atoms with Crippen LogP contribution < -0.4 is 11.2 Å². The van der Waals surface area contributed by atoms with Gasteiger partial charge in [0.05, 0.1) is 10.9 Å². The number of carbonyl (C=O) groups excluding carboxylic acids is 1. The van der Waals surface area contributed by atoms with Crippen molar-refractivity contribution < 1.29 is 4.79 Å². The second kappa shape index (κ2) is 7.09. The van der Waals surface area contributed by atoms with Crippen molar-refractivity contribution in [3.8, 4) is 0 Å². The van der Waals surface area contributed by atoms with Crippen LogP contribution in [0.5, 0.6) is 0 Å². The van der Waals surface area contributed by atoms with E-state index in [4.69, 9.17) is 0 Å². The highest BCUT2D eigenvalue weighted by Gasteiger charge is 2.35. The molecule has 2 aromatic rings. The number of para-hydroxylation sites is 1. The zero-order chi connectivity index (χ0) is 18.1. The maximum absolute atomic E-state index is 12.9. The summed E-state index contributed by atoms with van der Waals surface area (Å²) in [5, 5.41) is 0.477. The van der Waals surface area contributed by atoms with E-state index in [9.17, 15) is 14.4 Å². The van der Waals surface area contributed by atoms with Crippen molar-refractivity contribution in [3.05, 3.63) is 45.1 Å². The second-order valence-electron chi connectivity index (χ2n) is 7.52. The molecule has 6 heteroatoms. The Hall–Kier alpha value is -2.37. The van der Waals surface area contributed by atoms with Gasteiger partial charge >= 0.3 is 5.69 Å². The Morgan fingerprint density at radius 2 is 1.85 bits per heavy atom. The first kappa shape index (κ1) is 17.1. The van der Waals surface area contributed by atoms with Crippen LogP contribution in [0.3, 0.4) is 0 Å². The Bertz CT molecular complexity index is 928. The lowest BCUT2D eigenvalue weighted by Crippen LogP contribution is -2.50. The van der Waals surface area contributed by atoms with Crippen LogP contribution in [0.1, 0.15) is 44.9 Å². The van der Waals surface area contributed by atoms with Gasteiger partial charge in [-0.3, -0.25) is 19.1 Å². The molecular formula is C20H25N3O3. The van der Waals surface area contributed by atoms with Gasteiger partial charge in [-0.1, -0.05) is 25.0 Å². The lowest BCUT2D eigenvalue weighted by molar-refractivity contribution is -0.137. The highest BCUT2D eigenvalue weighted by atomic mass is 16.2. The minimum atomic E-state index is -0.448. The van der Waals surface area contributed by atoms with Gasteiger partial charge in [-0.15, -0.1) is 0 Å². The van der Waals surface area contributed by atoms with Gasteiger partial charge in [0.25, 0.3) is 5.56 Å². The number of piperidine rings is 1. The number of rotatable bonds is 3. The molecule has 26 heavy (non-hydrogen) atoms. The number of nitrogens with zero attached hydrogens (tertiary/aromatic N) is 2. The molecule has 1 aromatic carbocycles. The molecule has 1 saturated heterocycles. The van der Waals surface area contributed by atoms with E-state index in [0.717, 1.165) is 19.4 Å². The molecule has 1 amide bonds. The number of benzene rings is 1. The van der Waals surface area contributed by atoms with Gasteiger partial charge in [-0.05, 0) is 43.7 Å². The lowest BCUT2D eigenvalue weighted by atomic mass is 9.78. The fourth-order valence-corrected chi connectivity index (χ4v) is 4.75. The van der Waals surface area contributed by atoms with E-state index in [2.05, 4.69) is 9.88 Å². The number of aromatic nitrogens is 2. The van der Waals surface area contributed by atoms with Gasteiger partial charge in [-0.2, -0.15) is 0 Å². The average Bonchev–Trinajstić information content (AvgIpc) is 2.67. The largest absolute Gasteiger partial charge is 0.339 e. The van der Waals surface area contributed by atoms with Gasteiger partial charge < -0.3 is 4.90 Å². The average molecular weight is 355 g/mol. The first-order chi connectivity index (χ1) is 12.6. The van der Waals surface area contributed by atoms with Crippen molar-refractivity contribution >= 4 is 16.8 Å². The van der Waals surface area contributed by atoms with Crippen LogP contribution in [0, 0.1) is 5.92 Å². The summed E-state index contributed by atoms with van der Waals surface area (Å²) >= 11 is 0. The molecule has 0 radical (unpaired) electrons. The van der Waals surface area contributed by atoms with E-state index < -0.39 is 5.69 Å². The summed E-state index contributed by atoms with van der Waals surface area (Å²) in [5.41, 5.74) is -0.242. The molecule has 1 aliphatic carbocycles. The van der Waals surface area contributed by atoms with Crippen molar-refractivity contribution in [3.63, 3.8) is 0 Å². The minimum Gasteiger partial charge on any atom is -0.339 e. The zero-order valence-corrected chi connectivity index (χ0v) is 14.9. The van der Waals surface area contributed by atoms with E-state index in [0.29, 0.717) is 35.8 Å².